The number of hydrogen-bond acceptors (Lipinski definition) is 5. The Hall–Kier alpha value is -1.63. The fraction of sp³-hybridized carbons (Fsp3) is 0.533. The number of benzene rings is 1. The second-order valence-corrected chi connectivity index (χ2v) is 5.62. The van der Waals surface area contributed by atoms with Crippen LogP contribution < -0.4 is 5.32 Å². The van der Waals surface area contributed by atoms with E-state index < -0.39 is 30.6 Å². The molecule has 0 aliphatic rings. The molecule has 2 unspecified atom stereocenters. The van der Waals surface area contributed by atoms with E-state index >= 15 is 0 Å². The van der Waals surface area contributed by atoms with Crippen molar-refractivity contribution in [1.82, 2.24) is 5.32 Å². The van der Waals surface area contributed by atoms with Crippen molar-refractivity contribution >= 4 is 6.09 Å². The monoisotopic (exact) mass is 297 g/mol. The lowest BCUT2D eigenvalue weighted by atomic mass is 10.2. The maximum Gasteiger partial charge on any atom is 0.408 e. The van der Waals surface area contributed by atoms with Crippen LogP contribution in [-0.2, 0) is 16.1 Å². The SMILES string of the molecule is CC(C)(C)OC(=O)NC(CO)C(O)OCc1ccccc1. The van der Waals surface area contributed by atoms with Crippen LogP contribution in [0.4, 0.5) is 4.79 Å². The zero-order chi connectivity index (χ0) is 15.9. The number of rotatable bonds is 6. The van der Waals surface area contributed by atoms with E-state index in [1.54, 1.807) is 20.8 Å². The van der Waals surface area contributed by atoms with Crippen LogP contribution in [0.1, 0.15) is 26.3 Å². The summed E-state index contributed by atoms with van der Waals surface area (Å²) in [6.07, 6.45) is -2.05. The third-order valence-electron chi connectivity index (χ3n) is 2.51. The van der Waals surface area contributed by atoms with Crippen molar-refractivity contribution in [1.29, 1.82) is 0 Å². The van der Waals surface area contributed by atoms with E-state index in [2.05, 4.69) is 5.32 Å². The highest BCUT2D eigenvalue weighted by Gasteiger charge is 2.24. The van der Waals surface area contributed by atoms with Gasteiger partial charge in [0.2, 0.25) is 0 Å². The van der Waals surface area contributed by atoms with Gasteiger partial charge in [0.05, 0.1) is 13.2 Å². The molecule has 0 aromatic heterocycles. The largest absolute Gasteiger partial charge is 0.444 e. The van der Waals surface area contributed by atoms with Crippen molar-refractivity contribution in [2.24, 2.45) is 0 Å². The fourth-order valence-electron chi connectivity index (χ4n) is 1.54. The first kappa shape index (κ1) is 17.4. The van der Waals surface area contributed by atoms with E-state index in [0.29, 0.717) is 0 Å². The van der Waals surface area contributed by atoms with Crippen LogP contribution in [0.2, 0.25) is 0 Å². The number of nitrogens with one attached hydrogen (secondary N) is 1. The Morgan fingerprint density at radius 1 is 1.29 bits per heavy atom. The van der Waals surface area contributed by atoms with E-state index in [0.717, 1.165) is 5.56 Å². The van der Waals surface area contributed by atoms with Crippen molar-refractivity contribution < 1.29 is 24.5 Å². The third-order valence-corrected chi connectivity index (χ3v) is 2.51. The Morgan fingerprint density at radius 2 is 1.90 bits per heavy atom. The summed E-state index contributed by atoms with van der Waals surface area (Å²) in [7, 11) is 0. The lowest BCUT2D eigenvalue weighted by Gasteiger charge is -2.25. The summed E-state index contributed by atoms with van der Waals surface area (Å²) in [5.41, 5.74) is 0.227. The Bertz CT molecular complexity index is 429. The van der Waals surface area contributed by atoms with Crippen LogP contribution in [0.25, 0.3) is 0 Å². The van der Waals surface area contributed by atoms with Crippen LogP contribution in [-0.4, -0.2) is 40.8 Å². The molecule has 1 rings (SSSR count). The molecule has 0 saturated heterocycles. The molecule has 21 heavy (non-hydrogen) atoms. The van der Waals surface area contributed by atoms with Gasteiger partial charge in [0, 0.05) is 0 Å². The third kappa shape index (κ3) is 7.08. The van der Waals surface area contributed by atoms with Crippen LogP contribution >= 0.6 is 0 Å². The van der Waals surface area contributed by atoms with E-state index in [-0.39, 0.29) is 6.61 Å². The second kappa shape index (κ2) is 7.97. The highest BCUT2D eigenvalue weighted by molar-refractivity contribution is 5.68. The zero-order valence-corrected chi connectivity index (χ0v) is 12.6. The zero-order valence-electron chi connectivity index (χ0n) is 12.6. The molecule has 6 nitrogen and oxygen atoms in total. The van der Waals surface area contributed by atoms with Crippen molar-refractivity contribution in [3.05, 3.63) is 35.9 Å². The van der Waals surface area contributed by atoms with Gasteiger partial charge in [-0.15, -0.1) is 0 Å². The highest BCUT2D eigenvalue weighted by Crippen LogP contribution is 2.08. The molecular formula is C15H23NO5. The number of amides is 1. The minimum Gasteiger partial charge on any atom is -0.444 e. The van der Waals surface area contributed by atoms with Crippen LogP contribution in [0, 0.1) is 0 Å². The van der Waals surface area contributed by atoms with Gasteiger partial charge in [0.15, 0.2) is 6.29 Å². The van der Waals surface area contributed by atoms with Gasteiger partial charge in [-0.05, 0) is 26.3 Å². The molecule has 1 amide bonds. The summed E-state index contributed by atoms with van der Waals surface area (Å²) in [5.74, 6) is 0. The van der Waals surface area contributed by atoms with Gasteiger partial charge < -0.3 is 25.0 Å². The molecule has 6 heteroatoms. The number of aliphatic hydroxyl groups is 2. The number of hydrogen-bond donors (Lipinski definition) is 3. The van der Waals surface area contributed by atoms with Gasteiger partial charge in [0.25, 0.3) is 0 Å². The number of alkyl carbamates (subject to hydrolysis) is 1. The standard InChI is InChI=1S/C15H23NO5/c1-15(2,3)21-14(19)16-12(9-17)13(18)20-10-11-7-5-4-6-8-11/h4-8,12-13,17-18H,9-10H2,1-3H3,(H,16,19). The molecule has 0 fully saturated rings. The summed E-state index contributed by atoms with van der Waals surface area (Å²) in [6.45, 7) is 4.89. The summed E-state index contributed by atoms with van der Waals surface area (Å²) < 4.78 is 10.3. The average molecular weight is 297 g/mol. The van der Waals surface area contributed by atoms with Crippen LogP contribution in [0.5, 0.6) is 0 Å². The van der Waals surface area contributed by atoms with E-state index in [4.69, 9.17) is 9.47 Å². The molecule has 1 aromatic carbocycles. The summed E-state index contributed by atoms with van der Waals surface area (Å²) in [6, 6.07) is 8.33. The lowest BCUT2D eigenvalue weighted by Crippen LogP contribution is -2.48. The number of carbonyl (C=O) groups is 1. The van der Waals surface area contributed by atoms with Crippen molar-refractivity contribution in [2.75, 3.05) is 6.61 Å². The van der Waals surface area contributed by atoms with Crippen LogP contribution in [0.15, 0.2) is 30.3 Å². The minimum atomic E-state index is -1.33. The average Bonchev–Trinajstić information content (AvgIpc) is 2.41. The molecule has 0 saturated carbocycles. The summed E-state index contributed by atoms with van der Waals surface area (Å²) in [4.78, 5) is 11.6. The number of aliphatic hydroxyl groups excluding tert-OH is 2. The highest BCUT2D eigenvalue weighted by atomic mass is 16.6. The number of carbonyl (C=O) groups excluding carboxylic acids is 1. The Balaban J connectivity index is 2.45. The molecule has 118 valence electrons. The summed E-state index contributed by atoms with van der Waals surface area (Å²) >= 11 is 0. The molecule has 0 radical (unpaired) electrons. The lowest BCUT2D eigenvalue weighted by molar-refractivity contribution is -0.134. The molecule has 0 spiro atoms. The first-order valence-corrected chi connectivity index (χ1v) is 6.76. The molecular weight excluding hydrogens is 274 g/mol. The molecule has 1 aromatic rings. The predicted octanol–water partition coefficient (Wildman–Crippen LogP) is 1.41. The van der Waals surface area contributed by atoms with E-state index in [9.17, 15) is 15.0 Å². The predicted molar refractivity (Wildman–Crippen MR) is 77.5 cm³/mol. The molecule has 0 heterocycles. The minimum absolute atomic E-state index is 0.175. The van der Waals surface area contributed by atoms with Gasteiger partial charge in [-0.1, -0.05) is 30.3 Å². The quantitative estimate of drug-likeness (QED) is 0.691. The molecule has 0 bridgehead atoms. The second-order valence-electron chi connectivity index (χ2n) is 5.62. The van der Waals surface area contributed by atoms with Gasteiger partial charge in [0.1, 0.15) is 11.6 Å². The van der Waals surface area contributed by atoms with E-state index in [1.807, 2.05) is 30.3 Å². The Labute approximate surface area is 124 Å². The van der Waals surface area contributed by atoms with Crippen molar-refractivity contribution in [3.8, 4) is 0 Å². The molecule has 2 atom stereocenters. The smallest absolute Gasteiger partial charge is 0.408 e. The first-order valence-electron chi connectivity index (χ1n) is 6.76. The normalized spacial score (nSPS) is 14.3. The van der Waals surface area contributed by atoms with Gasteiger partial charge in [-0.2, -0.15) is 0 Å². The van der Waals surface area contributed by atoms with Crippen molar-refractivity contribution in [2.45, 2.75) is 45.3 Å². The van der Waals surface area contributed by atoms with Gasteiger partial charge in [-0.3, -0.25) is 0 Å². The molecule has 0 aliphatic carbocycles. The number of ether oxygens (including phenoxy) is 2. The van der Waals surface area contributed by atoms with Gasteiger partial charge in [-0.25, -0.2) is 4.79 Å². The van der Waals surface area contributed by atoms with Crippen LogP contribution in [0.3, 0.4) is 0 Å². The van der Waals surface area contributed by atoms with E-state index in [1.165, 1.54) is 0 Å². The first-order chi connectivity index (χ1) is 9.81. The molecule has 3 N–H and O–H groups in total. The molecule has 0 aliphatic heterocycles. The maximum absolute atomic E-state index is 11.6. The summed E-state index contributed by atoms with van der Waals surface area (Å²) in [5, 5.41) is 21.5. The maximum atomic E-state index is 11.6. The van der Waals surface area contributed by atoms with Crippen molar-refractivity contribution in [3.63, 3.8) is 0 Å². The Kier molecular flexibility index (Phi) is 6.61. The van der Waals surface area contributed by atoms with Gasteiger partial charge >= 0.3 is 6.09 Å². The Morgan fingerprint density at radius 3 is 2.43 bits per heavy atom. The fourth-order valence-corrected chi connectivity index (χ4v) is 1.54. The topological polar surface area (TPSA) is 88.0 Å².